The number of amides is 2. The van der Waals surface area contributed by atoms with Crippen LogP contribution >= 0.6 is 11.8 Å². The highest BCUT2D eigenvalue weighted by Gasteiger charge is 2.23. The fourth-order valence-corrected chi connectivity index (χ4v) is 3.04. The summed E-state index contributed by atoms with van der Waals surface area (Å²) in [5.41, 5.74) is 2.47. The van der Waals surface area contributed by atoms with Gasteiger partial charge in [-0.1, -0.05) is 42.5 Å². The van der Waals surface area contributed by atoms with E-state index in [9.17, 15) is 9.59 Å². The number of aliphatic imine (C=N–C) groups is 1. The molecule has 1 aliphatic heterocycles. The van der Waals surface area contributed by atoms with Gasteiger partial charge in [-0.2, -0.15) is 0 Å². The first-order valence-corrected chi connectivity index (χ1v) is 8.81. The van der Waals surface area contributed by atoms with Gasteiger partial charge in [0.15, 0.2) is 5.17 Å². The Bertz CT molecular complexity index is 900. The number of carbonyl (C=O) groups excluding carboxylic acids is 2. The first-order valence-electron chi connectivity index (χ1n) is 7.99. The fourth-order valence-electron chi connectivity index (χ4n) is 2.25. The van der Waals surface area contributed by atoms with Crippen molar-refractivity contribution in [1.29, 1.82) is 0 Å². The smallest absolute Gasteiger partial charge is 0.264 e. The maximum Gasteiger partial charge on any atom is 0.264 e. The van der Waals surface area contributed by atoms with Gasteiger partial charge in [-0.05, 0) is 47.7 Å². The lowest BCUT2D eigenvalue weighted by atomic mass is 10.2. The second kappa shape index (κ2) is 8.31. The van der Waals surface area contributed by atoms with Crippen LogP contribution in [0.1, 0.15) is 12.5 Å². The Kier molecular flexibility index (Phi) is 5.66. The van der Waals surface area contributed by atoms with Gasteiger partial charge in [0.2, 0.25) is 5.91 Å². The van der Waals surface area contributed by atoms with Crippen LogP contribution in [-0.2, 0) is 9.59 Å². The van der Waals surface area contributed by atoms with Gasteiger partial charge >= 0.3 is 0 Å². The van der Waals surface area contributed by atoms with Crippen LogP contribution in [0.4, 0.5) is 11.4 Å². The molecule has 1 fully saturated rings. The van der Waals surface area contributed by atoms with Crippen LogP contribution in [0, 0.1) is 0 Å². The Morgan fingerprint density at radius 3 is 2.54 bits per heavy atom. The maximum absolute atomic E-state index is 12.0. The lowest BCUT2D eigenvalue weighted by Gasteiger charge is -2.02. The Hall–Kier alpha value is -3.12. The van der Waals surface area contributed by atoms with Gasteiger partial charge in [-0.25, -0.2) is 4.99 Å². The highest BCUT2D eigenvalue weighted by molar-refractivity contribution is 8.18. The van der Waals surface area contributed by atoms with Gasteiger partial charge in [0.1, 0.15) is 0 Å². The molecule has 0 aliphatic carbocycles. The van der Waals surface area contributed by atoms with Crippen molar-refractivity contribution in [3.05, 3.63) is 77.2 Å². The topological polar surface area (TPSA) is 70.6 Å². The summed E-state index contributed by atoms with van der Waals surface area (Å²) < 4.78 is 0. The molecule has 0 atom stereocenters. The van der Waals surface area contributed by atoms with Crippen LogP contribution < -0.4 is 10.6 Å². The van der Waals surface area contributed by atoms with Crippen molar-refractivity contribution in [2.75, 3.05) is 5.32 Å². The molecule has 2 N–H and O–H groups in total. The van der Waals surface area contributed by atoms with E-state index >= 15 is 0 Å². The molecule has 130 valence electrons. The minimum Gasteiger partial charge on any atom is -0.326 e. The summed E-state index contributed by atoms with van der Waals surface area (Å²) in [7, 11) is 0. The third kappa shape index (κ3) is 4.94. The number of carbonyl (C=O) groups is 2. The molecule has 5 nitrogen and oxygen atoms in total. The summed E-state index contributed by atoms with van der Waals surface area (Å²) >= 11 is 1.29. The Morgan fingerprint density at radius 2 is 1.85 bits per heavy atom. The summed E-state index contributed by atoms with van der Waals surface area (Å²) in [5, 5.41) is 5.98. The molecule has 1 saturated heterocycles. The molecular weight excluding hydrogens is 346 g/mol. The monoisotopic (exact) mass is 363 g/mol. The van der Waals surface area contributed by atoms with Crippen LogP contribution in [0.2, 0.25) is 0 Å². The molecule has 0 radical (unpaired) electrons. The van der Waals surface area contributed by atoms with E-state index in [-0.39, 0.29) is 11.8 Å². The highest BCUT2D eigenvalue weighted by atomic mass is 32.2. The quantitative estimate of drug-likeness (QED) is 0.804. The Labute approximate surface area is 155 Å². The van der Waals surface area contributed by atoms with E-state index in [2.05, 4.69) is 15.6 Å². The average Bonchev–Trinajstić information content (AvgIpc) is 2.96. The molecule has 26 heavy (non-hydrogen) atoms. The SMILES string of the molecule is CC(=O)Nc1ccc(N=C2NC(=O)C(=CC=Cc3ccccc3)S2)cc1. The number of benzene rings is 2. The van der Waals surface area contributed by atoms with Gasteiger partial charge in [0.05, 0.1) is 10.6 Å². The molecule has 2 amide bonds. The first-order chi connectivity index (χ1) is 12.6. The zero-order valence-corrected chi connectivity index (χ0v) is 14.9. The molecule has 0 saturated carbocycles. The minimum atomic E-state index is -0.165. The van der Waals surface area contributed by atoms with Crippen LogP contribution in [0.3, 0.4) is 0 Å². The first kappa shape index (κ1) is 17.7. The van der Waals surface area contributed by atoms with Crippen LogP contribution in [0.15, 0.2) is 76.6 Å². The predicted molar refractivity (Wildman–Crippen MR) is 107 cm³/mol. The largest absolute Gasteiger partial charge is 0.326 e. The minimum absolute atomic E-state index is 0.124. The molecule has 1 aliphatic rings. The lowest BCUT2D eigenvalue weighted by Crippen LogP contribution is -2.19. The van der Waals surface area contributed by atoms with E-state index < -0.39 is 0 Å². The number of thioether (sulfide) groups is 1. The van der Waals surface area contributed by atoms with Crippen LogP contribution in [0.5, 0.6) is 0 Å². The predicted octanol–water partition coefficient (Wildman–Crippen LogP) is 4.09. The normalized spacial score (nSPS) is 17.0. The second-order valence-corrected chi connectivity index (χ2v) is 6.53. The number of nitrogens with one attached hydrogen (secondary N) is 2. The average molecular weight is 363 g/mol. The van der Waals surface area contributed by atoms with Crippen molar-refractivity contribution in [3.8, 4) is 0 Å². The summed E-state index contributed by atoms with van der Waals surface area (Å²) in [6.45, 7) is 1.46. The van der Waals surface area contributed by atoms with Crippen molar-refractivity contribution in [1.82, 2.24) is 5.32 Å². The van der Waals surface area contributed by atoms with Crippen molar-refractivity contribution in [2.45, 2.75) is 6.92 Å². The number of hydrogen-bond donors (Lipinski definition) is 2. The van der Waals surface area contributed by atoms with E-state index in [1.807, 2.05) is 42.5 Å². The van der Waals surface area contributed by atoms with E-state index in [1.54, 1.807) is 30.3 Å². The maximum atomic E-state index is 12.0. The molecule has 2 aromatic carbocycles. The van der Waals surface area contributed by atoms with Gasteiger partial charge < -0.3 is 10.6 Å². The second-order valence-electron chi connectivity index (χ2n) is 5.50. The van der Waals surface area contributed by atoms with E-state index in [0.717, 1.165) is 5.56 Å². The molecule has 6 heteroatoms. The summed E-state index contributed by atoms with van der Waals surface area (Å²) in [5.74, 6) is -0.289. The molecule has 0 spiro atoms. The number of anilines is 1. The van der Waals surface area contributed by atoms with Crippen molar-refractivity contribution in [3.63, 3.8) is 0 Å². The van der Waals surface area contributed by atoms with E-state index in [0.29, 0.717) is 21.4 Å². The zero-order chi connectivity index (χ0) is 18.4. The molecule has 0 aromatic heterocycles. The van der Waals surface area contributed by atoms with E-state index in [4.69, 9.17) is 0 Å². The van der Waals surface area contributed by atoms with Gasteiger partial charge in [0.25, 0.3) is 5.91 Å². The van der Waals surface area contributed by atoms with Crippen molar-refractivity contribution in [2.24, 2.45) is 4.99 Å². The Morgan fingerprint density at radius 1 is 1.12 bits per heavy atom. The van der Waals surface area contributed by atoms with Crippen LogP contribution in [0.25, 0.3) is 6.08 Å². The number of hydrogen-bond acceptors (Lipinski definition) is 4. The van der Waals surface area contributed by atoms with E-state index in [1.165, 1.54) is 18.7 Å². The highest BCUT2D eigenvalue weighted by Crippen LogP contribution is 2.26. The zero-order valence-electron chi connectivity index (χ0n) is 14.1. The summed E-state index contributed by atoms with van der Waals surface area (Å²) in [6, 6.07) is 17.0. The van der Waals surface area contributed by atoms with Gasteiger partial charge in [-0.15, -0.1) is 0 Å². The molecule has 2 aromatic rings. The number of allylic oxidation sites excluding steroid dienone is 2. The van der Waals surface area contributed by atoms with Crippen molar-refractivity contribution >= 4 is 46.2 Å². The Balaban J connectivity index is 1.67. The number of amidine groups is 1. The molecule has 0 bridgehead atoms. The molecule has 3 rings (SSSR count). The summed E-state index contributed by atoms with van der Waals surface area (Å²) in [6.07, 6.45) is 5.56. The molecule has 0 unspecified atom stereocenters. The standard InChI is InChI=1S/C20H17N3O2S/c1-14(24)21-16-10-12-17(13-11-16)22-20-23-19(25)18(26-20)9-5-8-15-6-3-2-4-7-15/h2-13H,1H3,(H,21,24)(H,22,23,25). The van der Waals surface area contributed by atoms with Gasteiger partial charge in [0, 0.05) is 12.6 Å². The number of nitrogens with zero attached hydrogens (tertiary/aromatic N) is 1. The molecular formula is C20H17N3O2S. The van der Waals surface area contributed by atoms with Crippen LogP contribution in [-0.4, -0.2) is 17.0 Å². The third-order valence-corrected chi connectivity index (χ3v) is 4.33. The molecule has 1 heterocycles. The summed E-state index contributed by atoms with van der Waals surface area (Å²) in [4.78, 5) is 28.1. The lowest BCUT2D eigenvalue weighted by molar-refractivity contribution is -0.115. The van der Waals surface area contributed by atoms with Gasteiger partial charge in [-0.3, -0.25) is 9.59 Å². The fraction of sp³-hybridized carbons (Fsp3) is 0.0500. The number of rotatable bonds is 4. The third-order valence-electron chi connectivity index (χ3n) is 3.41. The van der Waals surface area contributed by atoms with Crippen molar-refractivity contribution < 1.29 is 9.59 Å².